The number of fused-ring (bicyclic) bond motifs is 1. The average Bonchev–Trinajstić information content (AvgIpc) is 3.05. The van der Waals surface area contributed by atoms with Gasteiger partial charge in [0.2, 0.25) is 11.8 Å². The van der Waals surface area contributed by atoms with Gasteiger partial charge in [-0.1, -0.05) is 31.7 Å². The Kier molecular flexibility index (Phi) is 4.99. The van der Waals surface area contributed by atoms with Crippen molar-refractivity contribution in [3.8, 4) is 0 Å². The van der Waals surface area contributed by atoms with E-state index in [4.69, 9.17) is 0 Å². The van der Waals surface area contributed by atoms with Crippen molar-refractivity contribution >= 4 is 17.5 Å². The molecule has 1 saturated carbocycles. The van der Waals surface area contributed by atoms with E-state index in [2.05, 4.69) is 11.4 Å². The predicted octanol–water partition coefficient (Wildman–Crippen LogP) is 3.50. The minimum Gasteiger partial charge on any atom is -0.338 e. The molecular weight excluding hydrogens is 288 g/mol. The quantitative estimate of drug-likeness (QED) is 0.924. The lowest BCUT2D eigenvalue weighted by atomic mass is 9.98. The molecule has 0 unspecified atom stereocenters. The zero-order valence-electron chi connectivity index (χ0n) is 13.9. The van der Waals surface area contributed by atoms with Crippen LogP contribution in [0.1, 0.15) is 56.6 Å². The Bertz CT molecular complexity index is 591. The van der Waals surface area contributed by atoms with Crippen molar-refractivity contribution in [3.05, 3.63) is 29.3 Å². The summed E-state index contributed by atoms with van der Waals surface area (Å²) in [6, 6.07) is 6.09. The van der Waals surface area contributed by atoms with Gasteiger partial charge in [0.25, 0.3) is 0 Å². The van der Waals surface area contributed by atoms with Crippen molar-refractivity contribution in [3.63, 3.8) is 0 Å². The number of hydrogen-bond acceptors (Lipinski definition) is 2. The molecule has 1 aromatic carbocycles. The number of amides is 2. The summed E-state index contributed by atoms with van der Waals surface area (Å²) in [7, 11) is 0. The smallest absolute Gasteiger partial charge is 0.224 e. The Morgan fingerprint density at radius 2 is 2.00 bits per heavy atom. The average molecular weight is 314 g/mol. The fraction of sp³-hybridized carbons (Fsp3) is 0.579. The summed E-state index contributed by atoms with van der Waals surface area (Å²) in [5.41, 5.74) is 3.29. The van der Waals surface area contributed by atoms with Gasteiger partial charge < -0.3 is 10.2 Å². The van der Waals surface area contributed by atoms with Crippen LogP contribution in [0.15, 0.2) is 18.2 Å². The molecule has 124 valence electrons. The van der Waals surface area contributed by atoms with Crippen molar-refractivity contribution in [2.45, 2.75) is 58.4 Å². The number of rotatable bonds is 4. The zero-order chi connectivity index (χ0) is 16.2. The fourth-order valence-corrected chi connectivity index (χ4v) is 3.76. The van der Waals surface area contributed by atoms with Crippen LogP contribution in [0.4, 0.5) is 5.69 Å². The van der Waals surface area contributed by atoms with E-state index in [1.165, 1.54) is 31.2 Å². The summed E-state index contributed by atoms with van der Waals surface area (Å²) >= 11 is 0. The molecule has 2 aliphatic rings. The van der Waals surface area contributed by atoms with E-state index in [0.29, 0.717) is 13.0 Å². The molecule has 0 aromatic heterocycles. The van der Waals surface area contributed by atoms with E-state index in [-0.39, 0.29) is 11.8 Å². The normalized spacial score (nSPS) is 17.9. The SMILES string of the molecule is CC(=O)N1CCc2ccc(NC(=O)CCC3CCCC3)cc2C1. The molecule has 1 aliphatic carbocycles. The summed E-state index contributed by atoms with van der Waals surface area (Å²) in [4.78, 5) is 25.5. The lowest BCUT2D eigenvalue weighted by Gasteiger charge is -2.28. The maximum absolute atomic E-state index is 12.1. The molecule has 4 nitrogen and oxygen atoms in total. The molecule has 1 heterocycles. The van der Waals surface area contributed by atoms with Gasteiger partial charge in [0, 0.05) is 32.1 Å². The minimum absolute atomic E-state index is 0.107. The number of nitrogens with zero attached hydrogens (tertiary/aromatic N) is 1. The van der Waals surface area contributed by atoms with Crippen molar-refractivity contribution < 1.29 is 9.59 Å². The van der Waals surface area contributed by atoms with E-state index in [1.54, 1.807) is 6.92 Å². The Balaban J connectivity index is 1.57. The fourth-order valence-electron chi connectivity index (χ4n) is 3.76. The minimum atomic E-state index is 0.107. The predicted molar refractivity (Wildman–Crippen MR) is 91.1 cm³/mol. The third-order valence-corrected chi connectivity index (χ3v) is 5.20. The van der Waals surface area contributed by atoms with Crippen molar-refractivity contribution in [2.24, 2.45) is 5.92 Å². The molecule has 4 heteroatoms. The van der Waals surface area contributed by atoms with Gasteiger partial charge in [-0.2, -0.15) is 0 Å². The van der Waals surface area contributed by atoms with E-state index >= 15 is 0 Å². The Morgan fingerprint density at radius 3 is 2.74 bits per heavy atom. The lowest BCUT2D eigenvalue weighted by molar-refractivity contribution is -0.129. The van der Waals surface area contributed by atoms with E-state index in [1.807, 2.05) is 17.0 Å². The summed E-state index contributed by atoms with van der Waals surface area (Å²) in [5.74, 6) is 0.964. The molecular formula is C19H26N2O2. The van der Waals surface area contributed by atoms with Gasteiger partial charge >= 0.3 is 0 Å². The number of hydrogen-bond donors (Lipinski definition) is 1. The Morgan fingerprint density at radius 1 is 1.22 bits per heavy atom. The number of benzene rings is 1. The summed E-state index contributed by atoms with van der Waals surface area (Å²) in [6.45, 7) is 3.05. The van der Waals surface area contributed by atoms with Crippen molar-refractivity contribution in [2.75, 3.05) is 11.9 Å². The molecule has 0 radical (unpaired) electrons. The first-order valence-corrected chi connectivity index (χ1v) is 8.79. The first kappa shape index (κ1) is 16.0. The van der Waals surface area contributed by atoms with Gasteiger partial charge in [0.15, 0.2) is 0 Å². The molecule has 1 N–H and O–H groups in total. The van der Waals surface area contributed by atoms with Crippen molar-refractivity contribution in [1.29, 1.82) is 0 Å². The maximum Gasteiger partial charge on any atom is 0.224 e. The highest BCUT2D eigenvalue weighted by atomic mass is 16.2. The van der Waals surface area contributed by atoms with E-state index in [9.17, 15) is 9.59 Å². The maximum atomic E-state index is 12.1. The van der Waals surface area contributed by atoms with Crippen LogP contribution < -0.4 is 5.32 Å². The second-order valence-electron chi connectivity index (χ2n) is 6.91. The number of carbonyl (C=O) groups is 2. The van der Waals surface area contributed by atoms with Crippen molar-refractivity contribution in [1.82, 2.24) is 4.90 Å². The highest BCUT2D eigenvalue weighted by molar-refractivity contribution is 5.90. The standard InChI is InChI=1S/C19H26N2O2/c1-14(22)21-11-10-16-7-8-18(12-17(16)13-21)20-19(23)9-6-15-4-2-3-5-15/h7-8,12,15H,2-6,9-11,13H2,1H3,(H,20,23). The first-order valence-electron chi connectivity index (χ1n) is 8.79. The van der Waals surface area contributed by atoms with Crippen LogP contribution in [0.3, 0.4) is 0 Å². The molecule has 1 aliphatic heterocycles. The Labute approximate surface area is 138 Å². The second-order valence-corrected chi connectivity index (χ2v) is 6.91. The molecule has 0 saturated heterocycles. The zero-order valence-corrected chi connectivity index (χ0v) is 13.9. The molecule has 3 rings (SSSR count). The highest BCUT2D eigenvalue weighted by Crippen LogP contribution is 2.29. The first-order chi connectivity index (χ1) is 11.1. The van der Waals surface area contributed by atoms with Crippen LogP contribution in [0.2, 0.25) is 0 Å². The summed E-state index contributed by atoms with van der Waals surface area (Å²) in [5, 5.41) is 3.02. The third kappa shape index (κ3) is 4.12. The van der Waals surface area contributed by atoms with Crippen LogP contribution in [-0.4, -0.2) is 23.3 Å². The van der Waals surface area contributed by atoms with Crippen LogP contribution in [0.25, 0.3) is 0 Å². The van der Waals surface area contributed by atoms with Crippen LogP contribution in [0, 0.1) is 5.92 Å². The molecule has 2 amide bonds. The highest BCUT2D eigenvalue weighted by Gasteiger charge is 2.19. The molecule has 0 atom stereocenters. The van der Waals surface area contributed by atoms with Gasteiger partial charge in [-0.15, -0.1) is 0 Å². The van der Waals surface area contributed by atoms with Crippen LogP contribution in [0.5, 0.6) is 0 Å². The van der Waals surface area contributed by atoms with Crippen LogP contribution in [-0.2, 0) is 22.6 Å². The van der Waals surface area contributed by atoms with Gasteiger partial charge in [0.1, 0.15) is 0 Å². The molecule has 1 fully saturated rings. The van der Waals surface area contributed by atoms with Gasteiger partial charge in [-0.25, -0.2) is 0 Å². The third-order valence-electron chi connectivity index (χ3n) is 5.20. The van der Waals surface area contributed by atoms with E-state index in [0.717, 1.165) is 36.6 Å². The molecule has 23 heavy (non-hydrogen) atoms. The van der Waals surface area contributed by atoms with Gasteiger partial charge in [-0.05, 0) is 42.0 Å². The summed E-state index contributed by atoms with van der Waals surface area (Å²) in [6.07, 6.45) is 7.73. The topological polar surface area (TPSA) is 49.4 Å². The van der Waals surface area contributed by atoms with Crippen LogP contribution >= 0.6 is 0 Å². The van der Waals surface area contributed by atoms with Gasteiger partial charge in [0.05, 0.1) is 0 Å². The number of nitrogens with one attached hydrogen (secondary N) is 1. The largest absolute Gasteiger partial charge is 0.338 e. The monoisotopic (exact) mass is 314 g/mol. The summed E-state index contributed by atoms with van der Waals surface area (Å²) < 4.78 is 0. The number of carbonyl (C=O) groups excluding carboxylic acids is 2. The molecule has 0 spiro atoms. The molecule has 1 aromatic rings. The van der Waals surface area contributed by atoms with E-state index < -0.39 is 0 Å². The number of anilines is 1. The Hall–Kier alpha value is -1.84. The lowest BCUT2D eigenvalue weighted by Crippen LogP contribution is -2.34. The molecule has 0 bridgehead atoms. The van der Waals surface area contributed by atoms with Gasteiger partial charge in [-0.3, -0.25) is 9.59 Å². The second kappa shape index (κ2) is 7.16.